The second-order valence-corrected chi connectivity index (χ2v) is 11.4. The molecule has 0 saturated carbocycles. The molecular weight excluding hydrogens is 563 g/mol. The molecule has 0 unspecified atom stereocenters. The van der Waals surface area contributed by atoms with Gasteiger partial charge in [-0.1, -0.05) is 47.5 Å². The van der Waals surface area contributed by atoms with Crippen molar-refractivity contribution in [3.05, 3.63) is 93.5 Å². The van der Waals surface area contributed by atoms with E-state index in [1.807, 2.05) is 69.3 Å². The normalized spacial score (nSPS) is 20.6. The van der Waals surface area contributed by atoms with Gasteiger partial charge < -0.3 is 19.7 Å². The number of carbonyl (C=O) groups is 2. The van der Waals surface area contributed by atoms with Gasteiger partial charge in [-0.15, -0.1) is 0 Å². The highest BCUT2D eigenvalue weighted by Gasteiger charge is 2.52. The Balaban J connectivity index is 1.76. The first-order valence-electron chi connectivity index (χ1n) is 13.4. The van der Waals surface area contributed by atoms with Crippen LogP contribution in [0.25, 0.3) is 0 Å². The van der Waals surface area contributed by atoms with Crippen molar-refractivity contribution in [2.45, 2.75) is 38.5 Å². The molecule has 8 nitrogen and oxygen atoms in total. The summed E-state index contributed by atoms with van der Waals surface area (Å²) in [5.41, 5.74) is 1.40. The zero-order valence-electron chi connectivity index (χ0n) is 23.4. The summed E-state index contributed by atoms with van der Waals surface area (Å²) in [6.07, 6.45) is -0.146. The number of nitrogens with zero attached hydrogens (tertiary/aromatic N) is 3. The summed E-state index contributed by atoms with van der Waals surface area (Å²) in [7, 11) is 1.59. The first-order valence-corrected chi connectivity index (χ1v) is 14.2. The van der Waals surface area contributed by atoms with Gasteiger partial charge in [0.25, 0.3) is 0 Å². The Morgan fingerprint density at radius 1 is 1.05 bits per heavy atom. The molecule has 0 spiro atoms. The monoisotopic (exact) mass is 594 g/mol. The molecule has 0 radical (unpaired) electrons. The van der Waals surface area contributed by atoms with Crippen molar-refractivity contribution in [2.24, 2.45) is 4.99 Å². The highest BCUT2D eigenvalue weighted by molar-refractivity contribution is 6.30. The number of methoxy groups -OCH3 is 1. The molecule has 2 aliphatic heterocycles. The third kappa shape index (κ3) is 5.72. The molecular formula is C31H32Cl2N4O4. The van der Waals surface area contributed by atoms with E-state index < -0.39 is 11.6 Å². The van der Waals surface area contributed by atoms with Crippen LogP contribution >= 0.6 is 23.2 Å². The second-order valence-electron chi connectivity index (χ2n) is 10.5. The number of amidine groups is 1. The number of nitrogens with one attached hydrogen (secondary N) is 1. The molecule has 2 heterocycles. The predicted molar refractivity (Wildman–Crippen MR) is 160 cm³/mol. The van der Waals surface area contributed by atoms with Gasteiger partial charge in [-0.05, 0) is 68.3 Å². The molecule has 1 fully saturated rings. The van der Waals surface area contributed by atoms with Crippen molar-refractivity contribution in [1.82, 2.24) is 15.1 Å². The topological polar surface area (TPSA) is 83.5 Å². The number of benzene rings is 3. The number of halogens is 2. The van der Waals surface area contributed by atoms with Crippen LogP contribution in [-0.2, 0) is 10.3 Å². The fraction of sp³-hybridized carbons (Fsp3) is 0.323. The minimum Gasteiger partial charge on any atom is -0.497 e. The number of piperazine rings is 1. The van der Waals surface area contributed by atoms with E-state index in [1.165, 1.54) is 0 Å². The van der Waals surface area contributed by atoms with Gasteiger partial charge in [0, 0.05) is 29.2 Å². The highest BCUT2D eigenvalue weighted by Crippen LogP contribution is 2.50. The number of aliphatic imine (C=N–C) groups is 1. The molecule has 5 rings (SSSR count). The maximum Gasteiger partial charge on any atom is 0.326 e. The van der Waals surface area contributed by atoms with Gasteiger partial charge >= 0.3 is 6.03 Å². The van der Waals surface area contributed by atoms with Crippen LogP contribution in [0.3, 0.4) is 0 Å². The predicted octanol–water partition coefficient (Wildman–Crippen LogP) is 6.06. The Morgan fingerprint density at radius 2 is 1.71 bits per heavy atom. The highest BCUT2D eigenvalue weighted by atomic mass is 35.5. The molecule has 1 saturated heterocycles. The lowest BCUT2D eigenvalue weighted by atomic mass is 9.81. The summed E-state index contributed by atoms with van der Waals surface area (Å²) >= 11 is 12.5. The molecule has 2 aliphatic rings. The molecule has 0 bridgehead atoms. The standard InChI is InChI=1S/C31H32Cl2N4O4/c1-19(2)41-26-17-24(40-4)13-14-25(26)29-35-31(3,21-7-11-23(33)12-8-21)28(20-5-9-22(32)10-6-20)37(29)30(39)36-16-15-34-27(38)18-36/h5-14,17,19,28H,15-16,18H2,1-4H3,(H,34,38)/t28-,31-/m0/s1. The Bertz CT molecular complexity index is 1480. The van der Waals surface area contributed by atoms with E-state index in [0.29, 0.717) is 46.0 Å². The van der Waals surface area contributed by atoms with Gasteiger partial charge in [-0.25, -0.2) is 4.79 Å². The van der Waals surface area contributed by atoms with Crippen LogP contribution < -0.4 is 14.8 Å². The number of amides is 3. The van der Waals surface area contributed by atoms with E-state index in [9.17, 15) is 9.59 Å². The number of hydrogen-bond donors (Lipinski definition) is 1. The van der Waals surface area contributed by atoms with Crippen molar-refractivity contribution in [2.75, 3.05) is 26.7 Å². The van der Waals surface area contributed by atoms with Crippen LogP contribution in [-0.4, -0.2) is 60.4 Å². The van der Waals surface area contributed by atoms with Gasteiger partial charge in [0.2, 0.25) is 5.91 Å². The smallest absolute Gasteiger partial charge is 0.326 e. The van der Waals surface area contributed by atoms with Crippen LogP contribution in [0.5, 0.6) is 11.5 Å². The Morgan fingerprint density at radius 3 is 2.32 bits per heavy atom. The number of carbonyl (C=O) groups excluding carboxylic acids is 2. The van der Waals surface area contributed by atoms with Crippen LogP contribution in [0.4, 0.5) is 4.79 Å². The van der Waals surface area contributed by atoms with Crippen molar-refractivity contribution >= 4 is 41.0 Å². The molecule has 3 aromatic rings. The molecule has 2 atom stereocenters. The largest absolute Gasteiger partial charge is 0.497 e. The van der Waals surface area contributed by atoms with E-state index in [0.717, 1.165) is 11.1 Å². The quantitative estimate of drug-likeness (QED) is 0.376. The lowest BCUT2D eigenvalue weighted by Crippen LogP contribution is -2.55. The molecule has 41 heavy (non-hydrogen) atoms. The van der Waals surface area contributed by atoms with Crippen LogP contribution in [0, 0.1) is 0 Å². The molecule has 1 N–H and O–H groups in total. The number of rotatable bonds is 6. The fourth-order valence-electron chi connectivity index (χ4n) is 5.35. The minimum absolute atomic E-state index is 0.0500. The number of ether oxygens (including phenoxy) is 2. The van der Waals surface area contributed by atoms with E-state index in [1.54, 1.807) is 35.1 Å². The maximum absolute atomic E-state index is 14.5. The SMILES string of the molecule is COc1ccc(C2=N[C@@](C)(c3ccc(Cl)cc3)[C@H](c3ccc(Cl)cc3)N2C(=O)N2CCNC(=O)C2)c(OC(C)C)c1. The Hall–Kier alpha value is -3.75. The third-order valence-electron chi connectivity index (χ3n) is 7.28. The first-order chi connectivity index (χ1) is 19.6. The van der Waals surface area contributed by atoms with Crippen LogP contribution in [0.15, 0.2) is 71.7 Å². The summed E-state index contributed by atoms with van der Waals surface area (Å²) in [6.45, 7) is 6.56. The minimum atomic E-state index is -0.934. The van der Waals surface area contributed by atoms with E-state index in [4.69, 9.17) is 37.7 Å². The van der Waals surface area contributed by atoms with E-state index in [2.05, 4.69) is 5.32 Å². The van der Waals surface area contributed by atoms with Crippen LogP contribution in [0.1, 0.15) is 43.5 Å². The second kappa shape index (κ2) is 11.6. The molecule has 214 valence electrons. The lowest BCUT2D eigenvalue weighted by Gasteiger charge is -2.38. The molecule has 10 heteroatoms. The molecule has 0 aromatic heterocycles. The van der Waals surface area contributed by atoms with Gasteiger partial charge in [0.1, 0.15) is 29.4 Å². The van der Waals surface area contributed by atoms with Gasteiger partial charge in [-0.3, -0.25) is 14.7 Å². The average Bonchev–Trinajstić information content (AvgIpc) is 3.26. The zero-order chi connectivity index (χ0) is 29.3. The van der Waals surface area contributed by atoms with Crippen molar-refractivity contribution < 1.29 is 19.1 Å². The van der Waals surface area contributed by atoms with Gasteiger partial charge in [-0.2, -0.15) is 0 Å². The fourth-order valence-corrected chi connectivity index (χ4v) is 5.60. The third-order valence-corrected chi connectivity index (χ3v) is 7.78. The molecule has 3 aromatic carbocycles. The molecule has 0 aliphatic carbocycles. The lowest BCUT2D eigenvalue weighted by molar-refractivity contribution is -0.123. The van der Waals surface area contributed by atoms with E-state index >= 15 is 0 Å². The summed E-state index contributed by atoms with van der Waals surface area (Å²) in [5.74, 6) is 1.36. The number of urea groups is 1. The average molecular weight is 596 g/mol. The molecule has 3 amide bonds. The Kier molecular flexibility index (Phi) is 8.16. The zero-order valence-corrected chi connectivity index (χ0v) is 24.9. The van der Waals surface area contributed by atoms with E-state index in [-0.39, 0.29) is 24.6 Å². The van der Waals surface area contributed by atoms with Crippen LogP contribution in [0.2, 0.25) is 10.0 Å². The summed E-state index contributed by atoms with van der Waals surface area (Å²) < 4.78 is 11.7. The maximum atomic E-state index is 14.5. The van der Waals surface area contributed by atoms with Crippen molar-refractivity contribution in [3.63, 3.8) is 0 Å². The van der Waals surface area contributed by atoms with Crippen molar-refractivity contribution in [1.29, 1.82) is 0 Å². The Labute approximate surface area is 249 Å². The van der Waals surface area contributed by atoms with Crippen molar-refractivity contribution in [3.8, 4) is 11.5 Å². The van der Waals surface area contributed by atoms with Gasteiger partial charge in [0.15, 0.2) is 0 Å². The summed E-state index contributed by atoms with van der Waals surface area (Å²) in [4.78, 5) is 35.4. The number of hydrogen-bond acceptors (Lipinski definition) is 5. The first kappa shape index (κ1) is 28.8. The summed E-state index contributed by atoms with van der Waals surface area (Å²) in [5, 5.41) is 3.97. The summed E-state index contributed by atoms with van der Waals surface area (Å²) in [6, 6.07) is 19.4. The van der Waals surface area contributed by atoms with Gasteiger partial charge in [0.05, 0.1) is 24.8 Å².